The number of nitrogens with zero attached hydrogens (tertiary/aromatic N) is 5. The summed E-state index contributed by atoms with van der Waals surface area (Å²) in [6.07, 6.45) is 4.21. The number of aliphatic hydroxyl groups excluding tert-OH is 1. The number of aromatic nitrogens is 4. The van der Waals surface area contributed by atoms with E-state index in [1.807, 2.05) is 35.9 Å². The van der Waals surface area contributed by atoms with E-state index in [1.54, 1.807) is 24.2 Å². The molecule has 32 heavy (non-hydrogen) atoms. The maximum atomic E-state index is 12.7. The van der Waals surface area contributed by atoms with Crippen molar-refractivity contribution in [3.8, 4) is 0 Å². The van der Waals surface area contributed by atoms with E-state index in [1.165, 1.54) is 12.3 Å². The van der Waals surface area contributed by atoms with Gasteiger partial charge in [-0.25, -0.2) is 0 Å². The number of aliphatic hydroxyl groups is 1. The summed E-state index contributed by atoms with van der Waals surface area (Å²) in [7, 11) is 1.91. The van der Waals surface area contributed by atoms with Crippen molar-refractivity contribution in [3.05, 3.63) is 71.6 Å². The number of carbonyl (C=O) groups is 2. The molecule has 9 heteroatoms. The van der Waals surface area contributed by atoms with Crippen LogP contribution in [-0.4, -0.2) is 60.8 Å². The number of anilines is 1. The second-order valence-corrected chi connectivity index (χ2v) is 8.15. The van der Waals surface area contributed by atoms with Crippen LogP contribution < -0.4 is 5.32 Å². The highest BCUT2D eigenvalue weighted by molar-refractivity contribution is 6.04. The SMILES string of the molecule is CC(O)C1CN(C(=O)c2ccnc(C(=O)Nc3cccc(CCc4nncn4C)c3)c2)C1. The quantitative estimate of drug-likeness (QED) is 0.585. The van der Waals surface area contributed by atoms with Crippen LogP contribution in [-0.2, 0) is 19.9 Å². The van der Waals surface area contributed by atoms with Crippen LogP contribution in [0.1, 0.15) is 39.2 Å². The van der Waals surface area contributed by atoms with Crippen LogP contribution >= 0.6 is 0 Å². The van der Waals surface area contributed by atoms with Gasteiger partial charge >= 0.3 is 0 Å². The topological polar surface area (TPSA) is 113 Å². The van der Waals surface area contributed by atoms with Crippen LogP contribution in [0.25, 0.3) is 0 Å². The molecule has 0 spiro atoms. The summed E-state index contributed by atoms with van der Waals surface area (Å²) in [5.41, 5.74) is 2.30. The Bertz CT molecular complexity index is 1120. The molecule has 0 bridgehead atoms. The van der Waals surface area contributed by atoms with Crippen LogP contribution in [0.5, 0.6) is 0 Å². The summed E-state index contributed by atoms with van der Waals surface area (Å²) in [6, 6.07) is 10.7. The Morgan fingerprint density at radius 1 is 1.22 bits per heavy atom. The highest BCUT2D eigenvalue weighted by Gasteiger charge is 2.34. The maximum Gasteiger partial charge on any atom is 0.274 e. The lowest BCUT2D eigenvalue weighted by atomic mass is 9.94. The average Bonchev–Trinajstić information content (AvgIpc) is 3.16. The van der Waals surface area contributed by atoms with Crippen LogP contribution in [0.2, 0.25) is 0 Å². The van der Waals surface area contributed by atoms with Crippen molar-refractivity contribution in [3.63, 3.8) is 0 Å². The van der Waals surface area contributed by atoms with Crippen molar-refractivity contribution in [2.24, 2.45) is 13.0 Å². The van der Waals surface area contributed by atoms with Crippen molar-refractivity contribution < 1.29 is 14.7 Å². The Balaban J connectivity index is 1.38. The lowest BCUT2D eigenvalue weighted by Gasteiger charge is -2.40. The minimum Gasteiger partial charge on any atom is -0.393 e. The summed E-state index contributed by atoms with van der Waals surface area (Å²) in [6.45, 7) is 2.76. The van der Waals surface area contributed by atoms with Gasteiger partial charge in [0.25, 0.3) is 11.8 Å². The van der Waals surface area contributed by atoms with Gasteiger partial charge in [0.15, 0.2) is 0 Å². The molecular formula is C23H26N6O3. The van der Waals surface area contributed by atoms with Crippen LogP contribution in [0.15, 0.2) is 48.9 Å². The first-order valence-electron chi connectivity index (χ1n) is 10.6. The van der Waals surface area contributed by atoms with Crippen molar-refractivity contribution in [1.29, 1.82) is 0 Å². The number of likely N-dealkylation sites (tertiary alicyclic amines) is 1. The molecule has 1 aromatic carbocycles. The Kier molecular flexibility index (Phi) is 6.27. The second-order valence-electron chi connectivity index (χ2n) is 8.15. The molecule has 1 atom stereocenters. The minimum absolute atomic E-state index is 0.101. The molecule has 166 valence electrons. The summed E-state index contributed by atoms with van der Waals surface area (Å²) in [5.74, 6) is 0.455. The van der Waals surface area contributed by atoms with Gasteiger partial charge in [0, 0.05) is 49.9 Å². The third-order valence-electron chi connectivity index (χ3n) is 5.75. The molecule has 4 rings (SSSR count). The Hall–Kier alpha value is -3.59. The van der Waals surface area contributed by atoms with Crippen molar-refractivity contribution in [2.75, 3.05) is 18.4 Å². The largest absolute Gasteiger partial charge is 0.393 e. The number of aryl methyl sites for hydroxylation is 3. The van der Waals surface area contributed by atoms with Crippen molar-refractivity contribution in [2.45, 2.75) is 25.9 Å². The molecule has 2 amide bonds. The van der Waals surface area contributed by atoms with E-state index in [-0.39, 0.29) is 23.4 Å². The fraction of sp³-hybridized carbons (Fsp3) is 0.348. The summed E-state index contributed by atoms with van der Waals surface area (Å²) in [5, 5.41) is 20.4. The Morgan fingerprint density at radius 2 is 2.03 bits per heavy atom. The van der Waals surface area contributed by atoms with Gasteiger partial charge in [0.1, 0.15) is 17.8 Å². The lowest BCUT2D eigenvalue weighted by Crippen LogP contribution is -2.53. The number of amides is 2. The van der Waals surface area contributed by atoms with Gasteiger partial charge in [0.05, 0.1) is 6.10 Å². The molecule has 1 unspecified atom stereocenters. The first-order valence-corrected chi connectivity index (χ1v) is 10.6. The van der Waals surface area contributed by atoms with Gasteiger partial charge < -0.3 is 19.9 Å². The number of rotatable bonds is 7. The van der Waals surface area contributed by atoms with Crippen molar-refractivity contribution in [1.82, 2.24) is 24.6 Å². The molecule has 0 saturated carbocycles. The summed E-state index contributed by atoms with van der Waals surface area (Å²) < 4.78 is 1.89. The van der Waals surface area contributed by atoms with Crippen molar-refractivity contribution >= 4 is 17.5 Å². The van der Waals surface area contributed by atoms with E-state index < -0.39 is 6.10 Å². The molecule has 1 saturated heterocycles. The molecule has 1 aliphatic heterocycles. The summed E-state index contributed by atoms with van der Waals surface area (Å²) >= 11 is 0. The first-order chi connectivity index (χ1) is 15.4. The van der Waals surface area contributed by atoms with Crippen LogP contribution in [0, 0.1) is 5.92 Å². The predicted octanol–water partition coefficient (Wildman–Crippen LogP) is 1.70. The van der Waals surface area contributed by atoms with E-state index in [0.717, 1.165) is 24.2 Å². The number of hydrogen-bond acceptors (Lipinski definition) is 6. The number of nitrogens with one attached hydrogen (secondary N) is 1. The minimum atomic E-state index is -0.436. The fourth-order valence-electron chi connectivity index (χ4n) is 3.64. The Labute approximate surface area is 186 Å². The molecule has 9 nitrogen and oxygen atoms in total. The normalized spacial score (nSPS) is 14.7. The van der Waals surface area contributed by atoms with Gasteiger partial charge in [-0.15, -0.1) is 10.2 Å². The highest BCUT2D eigenvalue weighted by atomic mass is 16.3. The number of carbonyl (C=O) groups excluding carboxylic acids is 2. The first kappa shape index (κ1) is 21.6. The average molecular weight is 435 g/mol. The lowest BCUT2D eigenvalue weighted by molar-refractivity contribution is 0.00881. The number of benzene rings is 1. The molecule has 1 fully saturated rings. The molecule has 2 N–H and O–H groups in total. The van der Waals surface area contributed by atoms with E-state index in [2.05, 4.69) is 20.5 Å². The maximum absolute atomic E-state index is 12.7. The Morgan fingerprint density at radius 3 is 2.75 bits per heavy atom. The van der Waals surface area contributed by atoms with E-state index >= 15 is 0 Å². The molecule has 0 aliphatic carbocycles. The van der Waals surface area contributed by atoms with Gasteiger partial charge in [0.2, 0.25) is 0 Å². The highest BCUT2D eigenvalue weighted by Crippen LogP contribution is 2.22. The zero-order valence-corrected chi connectivity index (χ0v) is 18.1. The zero-order valence-electron chi connectivity index (χ0n) is 18.1. The van der Waals surface area contributed by atoms with Gasteiger partial charge in [-0.2, -0.15) is 0 Å². The number of hydrogen-bond donors (Lipinski definition) is 2. The van der Waals surface area contributed by atoms with E-state index in [4.69, 9.17) is 0 Å². The summed E-state index contributed by atoms with van der Waals surface area (Å²) in [4.78, 5) is 31.2. The molecule has 3 heterocycles. The predicted molar refractivity (Wildman–Crippen MR) is 118 cm³/mol. The smallest absolute Gasteiger partial charge is 0.274 e. The monoisotopic (exact) mass is 434 g/mol. The molecule has 1 aliphatic rings. The fourth-order valence-corrected chi connectivity index (χ4v) is 3.64. The third-order valence-corrected chi connectivity index (χ3v) is 5.75. The zero-order chi connectivity index (χ0) is 22.7. The van der Waals surface area contributed by atoms with Gasteiger partial charge in [-0.3, -0.25) is 14.6 Å². The molecule has 3 aromatic rings. The van der Waals surface area contributed by atoms with Crippen LogP contribution in [0.4, 0.5) is 5.69 Å². The van der Waals surface area contributed by atoms with E-state index in [0.29, 0.717) is 24.3 Å². The molecular weight excluding hydrogens is 408 g/mol. The molecule has 2 aromatic heterocycles. The van der Waals surface area contributed by atoms with Crippen LogP contribution in [0.3, 0.4) is 0 Å². The number of pyridine rings is 1. The van der Waals surface area contributed by atoms with E-state index in [9.17, 15) is 14.7 Å². The molecule has 0 radical (unpaired) electrons. The standard InChI is InChI=1S/C23H26N6O3/c1-15(30)18-12-29(13-18)23(32)17-8-9-24-20(11-17)22(31)26-19-5-3-4-16(10-19)6-7-21-27-25-14-28(21)2/h3-5,8-11,14-15,18,30H,6-7,12-13H2,1-2H3,(H,26,31). The third kappa shape index (κ3) is 4.83. The second kappa shape index (κ2) is 9.27. The van der Waals surface area contributed by atoms with Gasteiger partial charge in [-0.1, -0.05) is 12.1 Å². The van der Waals surface area contributed by atoms with Gasteiger partial charge in [-0.05, 0) is 43.2 Å².